The zero-order valence-corrected chi connectivity index (χ0v) is 12.4. The van der Waals surface area contributed by atoms with E-state index in [4.69, 9.17) is 4.74 Å². The van der Waals surface area contributed by atoms with Gasteiger partial charge in [0.1, 0.15) is 11.0 Å². The highest BCUT2D eigenvalue weighted by Crippen LogP contribution is 2.25. The number of fused-ring (bicyclic) bond motifs is 1. The van der Waals surface area contributed by atoms with Crippen molar-refractivity contribution in [3.63, 3.8) is 0 Å². The van der Waals surface area contributed by atoms with E-state index in [0.29, 0.717) is 6.54 Å². The topological polar surface area (TPSA) is 64.9 Å². The summed E-state index contributed by atoms with van der Waals surface area (Å²) in [7, 11) is 3.53. The third-order valence-electron chi connectivity index (χ3n) is 3.22. The van der Waals surface area contributed by atoms with Crippen LogP contribution in [0.2, 0.25) is 0 Å². The van der Waals surface area contributed by atoms with Gasteiger partial charge in [0.25, 0.3) is 0 Å². The van der Waals surface area contributed by atoms with E-state index in [0.717, 1.165) is 33.9 Å². The standard InChI is InChI=1S/C13H15N5OS/c1-8-9(13(19-3)18(2)15-8)7-14-10-5-4-6-11-12(10)17-20-16-11/h4-6,14H,7H2,1-3H3. The fraction of sp³-hybridized carbons (Fsp3) is 0.308. The molecule has 104 valence electrons. The van der Waals surface area contributed by atoms with Crippen LogP contribution in [0.5, 0.6) is 5.88 Å². The van der Waals surface area contributed by atoms with Gasteiger partial charge < -0.3 is 10.1 Å². The Morgan fingerprint density at radius 1 is 1.35 bits per heavy atom. The molecular formula is C13H15N5OS. The van der Waals surface area contributed by atoms with E-state index < -0.39 is 0 Å². The normalized spacial score (nSPS) is 10.9. The number of aryl methyl sites for hydroxylation is 2. The summed E-state index contributed by atoms with van der Waals surface area (Å²) >= 11 is 1.22. The second-order valence-corrected chi connectivity index (χ2v) is 5.02. The van der Waals surface area contributed by atoms with Crippen LogP contribution in [0.15, 0.2) is 18.2 Å². The number of benzene rings is 1. The fourth-order valence-corrected chi connectivity index (χ4v) is 2.82. The van der Waals surface area contributed by atoms with E-state index in [1.165, 1.54) is 11.7 Å². The Kier molecular flexibility index (Phi) is 3.27. The van der Waals surface area contributed by atoms with E-state index in [2.05, 4.69) is 19.2 Å². The first-order chi connectivity index (χ1) is 9.70. The smallest absolute Gasteiger partial charge is 0.216 e. The molecule has 0 bridgehead atoms. The molecule has 3 rings (SSSR count). The van der Waals surface area contributed by atoms with Crippen LogP contribution in [0.1, 0.15) is 11.3 Å². The summed E-state index contributed by atoms with van der Waals surface area (Å²) in [6.45, 7) is 2.62. The lowest BCUT2D eigenvalue weighted by atomic mass is 10.2. The lowest BCUT2D eigenvalue weighted by Gasteiger charge is -2.08. The van der Waals surface area contributed by atoms with Crippen molar-refractivity contribution >= 4 is 28.4 Å². The quantitative estimate of drug-likeness (QED) is 0.798. The van der Waals surface area contributed by atoms with Gasteiger partial charge in [0.15, 0.2) is 0 Å². The number of nitrogens with one attached hydrogen (secondary N) is 1. The molecule has 0 atom stereocenters. The third kappa shape index (κ3) is 2.09. The summed E-state index contributed by atoms with van der Waals surface area (Å²) in [5, 5.41) is 7.76. The van der Waals surface area contributed by atoms with E-state index in [-0.39, 0.29) is 0 Å². The SMILES string of the molecule is COc1c(CNc2cccc3nsnc23)c(C)nn1C. The molecule has 0 saturated carbocycles. The summed E-state index contributed by atoms with van der Waals surface area (Å²) in [6.07, 6.45) is 0. The number of hydrogen-bond donors (Lipinski definition) is 1. The van der Waals surface area contributed by atoms with Crippen LogP contribution in [0.3, 0.4) is 0 Å². The molecule has 3 aromatic rings. The average molecular weight is 289 g/mol. The second kappa shape index (κ2) is 5.09. The Hall–Kier alpha value is -2.15. The molecule has 2 heterocycles. The number of ether oxygens (including phenoxy) is 1. The Morgan fingerprint density at radius 3 is 3.00 bits per heavy atom. The first kappa shape index (κ1) is 12.9. The number of rotatable bonds is 4. The molecule has 2 aromatic heterocycles. The maximum absolute atomic E-state index is 5.39. The summed E-state index contributed by atoms with van der Waals surface area (Å²) in [5.74, 6) is 0.776. The largest absolute Gasteiger partial charge is 0.481 e. The molecule has 0 amide bonds. The molecule has 0 saturated heterocycles. The average Bonchev–Trinajstić information content (AvgIpc) is 3.01. The van der Waals surface area contributed by atoms with E-state index in [1.54, 1.807) is 11.8 Å². The summed E-state index contributed by atoms with van der Waals surface area (Å²) in [4.78, 5) is 0. The van der Waals surface area contributed by atoms with Gasteiger partial charge in [0.2, 0.25) is 5.88 Å². The Bertz CT molecular complexity index is 748. The maximum Gasteiger partial charge on any atom is 0.216 e. The van der Waals surface area contributed by atoms with Crippen LogP contribution in [-0.2, 0) is 13.6 Å². The van der Waals surface area contributed by atoms with Crippen molar-refractivity contribution in [2.75, 3.05) is 12.4 Å². The van der Waals surface area contributed by atoms with Gasteiger partial charge in [-0.15, -0.1) is 0 Å². The van der Waals surface area contributed by atoms with Crippen LogP contribution in [-0.4, -0.2) is 25.6 Å². The highest BCUT2D eigenvalue weighted by molar-refractivity contribution is 7.00. The number of hydrogen-bond acceptors (Lipinski definition) is 6. The van der Waals surface area contributed by atoms with Crippen molar-refractivity contribution < 1.29 is 4.74 Å². The zero-order valence-electron chi connectivity index (χ0n) is 11.5. The van der Waals surface area contributed by atoms with Gasteiger partial charge >= 0.3 is 0 Å². The number of methoxy groups -OCH3 is 1. The predicted octanol–water partition coefficient (Wildman–Crippen LogP) is 2.35. The molecule has 20 heavy (non-hydrogen) atoms. The Balaban J connectivity index is 1.88. The predicted molar refractivity (Wildman–Crippen MR) is 79.2 cm³/mol. The molecule has 0 aliphatic rings. The van der Waals surface area contributed by atoms with Crippen LogP contribution in [0.25, 0.3) is 11.0 Å². The molecular weight excluding hydrogens is 274 g/mol. The third-order valence-corrected chi connectivity index (χ3v) is 3.77. The highest BCUT2D eigenvalue weighted by Gasteiger charge is 2.14. The van der Waals surface area contributed by atoms with Crippen molar-refractivity contribution in [1.82, 2.24) is 18.5 Å². The van der Waals surface area contributed by atoms with E-state index in [1.807, 2.05) is 32.2 Å². The Morgan fingerprint density at radius 2 is 2.20 bits per heavy atom. The molecule has 1 N–H and O–H groups in total. The zero-order chi connectivity index (χ0) is 14.1. The minimum absolute atomic E-state index is 0.638. The molecule has 1 aromatic carbocycles. The van der Waals surface area contributed by atoms with Crippen molar-refractivity contribution in [2.24, 2.45) is 7.05 Å². The first-order valence-electron chi connectivity index (χ1n) is 6.22. The second-order valence-electron chi connectivity index (χ2n) is 4.49. The molecule has 0 aliphatic heterocycles. The minimum atomic E-state index is 0.638. The molecule has 0 spiro atoms. The van der Waals surface area contributed by atoms with Gasteiger partial charge in [0, 0.05) is 13.6 Å². The molecule has 7 heteroatoms. The number of nitrogens with zero attached hydrogens (tertiary/aromatic N) is 4. The van der Waals surface area contributed by atoms with Gasteiger partial charge in [-0.1, -0.05) is 6.07 Å². The van der Waals surface area contributed by atoms with E-state index in [9.17, 15) is 0 Å². The molecule has 6 nitrogen and oxygen atoms in total. The van der Waals surface area contributed by atoms with Gasteiger partial charge in [-0.25, -0.2) is 4.68 Å². The minimum Gasteiger partial charge on any atom is -0.481 e. The van der Waals surface area contributed by atoms with Gasteiger partial charge in [-0.2, -0.15) is 13.8 Å². The van der Waals surface area contributed by atoms with Crippen LogP contribution >= 0.6 is 11.7 Å². The van der Waals surface area contributed by atoms with Gasteiger partial charge in [0.05, 0.1) is 35.8 Å². The van der Waals surface area contributed by atoms with Crippen molar-refractivity contribution in [1.29, 1.82) is 0 Å². The van der Waals surface area contributed by atoms with Gasteiger partial charge in [-0.3, -0.25) is 0 Å². The van der Waals surface area contributed by atoms with Crippen LogP contribution < -0.4 is 10.1 Å². The fourth-order valence-electron chi connectivity index (χ4n) is 2.27. The Labute approximate surface area is 120 Å². The number of aromatic nitrogens is 4. The van der Waals surface area contributed by atoms with Crippen molar-refractivity contribution in [3.05, 3.63) is 29.5 Å². The van der Waals surface area contributed by atoms with Crippen LogP contribution in [0.4, 0.5) is 5.69 Å². The van der Waals surface area contributed by atoms with Crippen LogP contribution in [0, 0.1) is 6.92 Å². The van der Waals surface area contributed by atoms with Gasteiger partial charge in [-0.05, 0) is 19.1 Å². The molecule has 0 fully saturated rings. The van der Waals surface area contributed by atoms with Crippen molar-refractivity contribution in [2.45, 2.75) is 13.5 Å². The summed E-state index contributed by atoms with van der Waals surface area (Å²) in [6, 6.07) is 5.93. The van der Waals surface area contributed by atoms with E-state index >= 15 is 0 Å². The molecule has 0 aliphatic carbocycles. The highest BCUT2D eigenvalue weighted by atomic mass is 32.1. The first-order valence-corrected chi connectivity index (χ1v) is 6.95. The molecule has 0 unspecified atom stereocenters. The van der Waals surface area contributed by atoms with Crippen molar-refractivity contribution in [3.8, 4) is 5.88 Å². The summed E-state index contributed by atoms with van der Waals surface area (Å²) < 4.78 is 15.7. The maximum atomic E-state index is 5.39. The lowest BCUT2D eigenvalue weighted by Crippen LogP contribution is -2.03. The monoisotopic (exact) mass is 289 g/mol. The summed E-state index contributed by atoms with van der Waals surface area (Å²) in [5.41, 5.74) is 4.80. The number of anilines is 1. The lowest BCUT2D eigenvalue weighted by molar-refractivity contribution is 0.370. The molecule has 0 radical (unpaired) electrons.